The van der Waals surface area contributed by atoms with E-state index in [-0.39, 0.29) is 17.8 Å². The van der Waals surface area contributed by atoms with Gasteiger partial charge in [-0.15, -0.1) is 0 Å². The van der Waals surface area contributed by atoms with E-state index in [1.807, 2.05) is 0 Å². The zero-order chi connectivity index (χ0) is 15.6. The smallest absolute Gasteiger partial charge is 0.337 e. The second kappa shape index (κ2) is 5.58. The van der Waals surface area contributed by atoms with Gasteiger partial charge in [0.05, 0.1) is 10.3 Å². The van der Waals surface area contributed by atoms with Gasteiger partial charge in [0, 0.05) is 19.0 Å². The molecule has 1 aromatic rings. The van der Waals surface area contributed by atoms with Crippen LogP contribution in [-0.4, -0.2) is 47.9 Å². The van der Waals surface area contributed by atoms with E-state index in [9.17, 15) is 18.0 Å². The van der Waals surface area contributed by atoms with Crippen molar-refractivity contribution in [3.63, 3.8) is 0 Å². The van der Waals surface area contributed by atoms with Gasteiger partial charge >= 0.3 is 5.97 Å². The van der Waals surface area contributed by atoms with Crippen LogP contribution in [0.15, 0.2) is 18.3 Å². The van der Waals surface area contributed by atoms with Crippen molar-refractivity contribution in [2.45, 2.75) is 18.6 Å². The third kappa shape index (κ3) is 3.77. The van der Waals surface area contributed by atoms with Gasteiger partial charge in [0.2, 0.25) is 0 Å². The molecule has 1 heterocycles. The molecule has 110 valence electrons. The van der Waals surface area contributed by atoms with Crippen molar-refractivity contribution in [1.29, 1.82) is 0 Å². The molecule has 0 saturated carbocycles. The van der Waals surface area contributed by atoms with E-state index < -0.39 is 26.5 Å². The summed E-state index contributed by atoms with van der Waals surface area (Å²) in [7, 11) is -3.31. The van der Waals surface area contributed by atoms with E-state index in [1.165, 1.54) is 26.0 Å². The number of carboxylic acid groups (broad SMARTS) is 1. The SMILES string of the molecule is CC(C)(CNC(=O)c1ccc(C(=O)O)cn1)S(C)(=O)=O. The zero-order valence-electron chi connectivity index (χ0n) is 11.4. The van der Waals surface area contributed by atoms with Crippen LogP contribution in [0.5, 0.6) is 0 Å². The van der Waals surface area contributed by atoms with E-state index >= 15 is 0 Å². The Labute approximate surface area is 116 Å². The molecule has 0 aromatic carbocycles. The Hall–Kier alpha value is -1.96. The molecule has 20 heavy (non-hydrogen) atoms. The van der Waals surface area contributed by atoms with Gasteiger partial charge < -0.3 is 10.4 Å². The molecule has 0 saturated heterocycles. The zero-order valence-corrected chi connectivity index (χ0v) is 12.2. The highest BCUT2D eigenvalue weighted by Crippen LogP contribution is 2.13. The van der Waals surface area contributed by atoms with Crippen molar-refractivity contribution in [1.82, 2.24) is 10.3 Å². The number of sulfone groups is 1. The highest BCUT2D eigenvalue weighted by molar-refractivity contribution is 7.92. The van der Waals surface area contributed by atoms with Crippen molar-refractivity contribution >= 4 is 21.7 Å². The minimum absolute atomic E-state index is 0.0271. The lowest BCUT2D eigenvalue weighted by atomic mass is 10.2. The summed E-state index contributed by atoms with van der Waals surface area (Å²) in [5.41, 5.74) is -0.00248. The quantitative estimate of drug-likeness (QED) is 0.810. The van der Waals surface area contributed by atoms with Crippen LogP contribution in [0, 0.1) is 0 Å². The van der Waals surface area contributed by atoms with Crippen LogP contribution in [0.3, 0.4) is 0 Å². The van der Waals surface area contributed by atoms with Crippen molar-refractivity contribution in [3.05, 3.63) is 29.6 Å². The van der Waals surface area contributed by atoms with E-state index in [4.69, 9.17) is 5.11 Å². The van der Waals surface area contributed by atoms with Crippen molar-refractivity contribution < 1.29 is 23.1 Å². The van der Waals surface area contributed by atoms with Gasteiger partial charge in [-0.25, -0.2) is 13.2 Å². The van der Waals surface area contributed by atoms with E-state index in [1.54, 1.807) is 0 Å². The fourth-order valence-electron chi connectivity index (χ4n) is 1.17. The Morgan fingerprint density at radius 2 is 1.95 bits per heavy atom. The predicted octanol–water partition coefficient (Wildman–Crippen LogP) is 0.333. The average molecular weight is 300 g/mol. The number of aromatic nitrogens is 1. The summed E-state index contributed by atoms with van der Waals surface area (Å²) in [6.07, 6.45) is 2.16. The third-order valence-electron chi connectivity index (χ3n) is 2.92. The van der Waals surface area contributed by atoms with Gasteiger partial charge in [0.15, 0.2) is 9.84 Å². The Balaban J connectivity index is 2.75. The number of hydrogen-bond donors (Lipinski definition) is 2. The van der Waals surface area contributed by atoms with Crippen LogP contribution in [-0.2, 0) is 9.84 Å². The summed E-state index contributed by atoms with van der Waals surface area (Å²) >= 11 is 0. The van der Waals surface area contributed by atoms with Crippen LogP contribution in [0.25, 0.3) is 0 Å². The highest BCUT2D eigenvalue weighted by Gasteiger charge is 2.30. The fourth-order valence-corrected chi connectivity index (χ4v) is 1.50. The monoisotopic (exact) mass is 300 g/mol. The molecule has 0 radical (unpaired) electrons. The molecule has 2 N–H and O–H groups in total. The van der Waals surface area contributed by atoms with E-state index in [0.29, 0.717) is 0 Å². The second-order valence-electron chi connectivity index (χ2n) is 4.95. The lowest BCUT2D eigenvalue weighted by Gasteiger charge is -2.22. The van der Waals surface area contributed by atoms with Gasteiger partial charge in [-0.3, -0.25) is 9.78 Å². The third-order valence-corrected chi connectivity index (χ3v) is 5.07. The van der Waals surface area contributed by atoms with Gasteiger partial charge in [0.1, 0.15) is 5.69 Å². The molecule has 0 spiro atoms. The summed E-state index contributed by atoms with van der Waals surface area (Å²) < 4.78 is 21.9. The Bertz CT molecular complexity index is 620. The van der Waals surface area contributed by atoms with Crippen LogP contribution in [0.4, 0.5) is 0 Å². The Morgan fingerprint density at radius 1 is 1.35 bits per heavy atom. The maximum absolute atomic E-state index is 11.8. The number of rotatable bonds is 5. The first-order valence-electron chi connectivity index (χ1n) is 5.72. The van der Waals surface area contributed by atoms with Crippen LogP contribution < -0.4 is 5.32 Å². The summed E-state index contributed by atoms with van der Waals surface area (Å²) in [5.74, 6) is -1.69. The maximum Gasteiger partial charge on any atom is 0.337 e. The molecule has 0 aliphatic heterocycles. The molecule has 1 rings (SSSR count). The largest absolute Gasteiger partial charge is 0.478 e. The molecule has 0 fully saturated rings. The van der Waals surface area contributed by atoms with Gasteiger partial charge in [-0.05, 0) is 26.0 Å². The summed E-state index contributed by atoms with van der Waals surface area (Å²) in [5, 5.41) is 11.2. The lowest BCUT2D eigenvalue weighted by molar-refractivity contribution is 0.0695. The number of carboxylic acids is 1. The Morgan fingerprint density at radius 3 is 2.35 bits per heavy atom. The Kier molecular flexibility index (Phi) is 4.49. The first-order chi connectivity index (χ1) is 9.04. The minimum Gasteiger partial charge on any atom is -0.478 e. The van der Waals surface area contributed by atoms with Crippen LogP contribution >= 0.6 is 0 Å². The number of nitrogens with zero attached hydrogens (tertiary/aromatic N) is 1. The maximum atomic E-state index is 11.8. The average Bonchev–Trinajstić information content (AvgIpc) is 2.34. The van der Waals surface area contributed by atoms with Crippen LogP contribution in [0.1, 0.15) is 34.7 Å². The number of aromatic carboxylic acids is 1. The van der Waals surface area contributed by atoms with Crippen molar-refractivity contribution in [3.8, 4) is 0 Å². The molecule has 1 aromatic heterocycles. The number of pyridine rings is 1. The molecule has 7 nitrogen and oxygen atoms in total. The standard InChI is InChI=1S/C12H16N2O5S/c1-12(2,20(3,18)19)7-14-10(15)9-5-4-8(6-13-9)11(16)17/h4-6H,7H2,1-3H3,(H,14,15)(H,16,17). The number of carbonyl (C=O) groups excluding carboxylic acids is 1. The molecule has 0 aliphatic carbocycles. The number of nitrogens with one attached hydrogen (secondary N) is 1. The molecule has 0 unspecified atom stereocenters. The first-order valence-corrected chi connectivity index (χ1v) is 7.61. The molecule has 0 aliphatic rings. The lowest BCUT2D eigenvalue weighted by Crippen LogP contribution is -2.43. The molecule has 8 heteroatoms. The molecular weight excluding hydrogens is 284 g/mol. The number of hydrogen-bond acceptors (Lipinski definition) is 5. The number of carbonyl (C=O) groups is 2. The summed E-state index contributed by atoms with van der Waals surface area (Å²) in [6.45, 7) is 2.94. The summed E-state index contributed by atoms with van der Waals surface area (Å²) in [4.78, 5) is 26.1. The van der Waals surface area contributed by atoms with Crippen LogP contribution in [0.2, 0.25) is 0 Å². The molecule has 0 bridgehead atoms. The number of amides is 1. The van der Waals surface area contributed by atoms with E-state index in [0.717, 1.165) is 12.5 Å². The summed E-state index contributed by atoms with van der Waals surface area (Å²) in [6, 6.07) is 2.53. The second-order valence-corrected chi connectivity index (χ2v) is 7.60. The first kappa shape index (κ1) is 16.1. The van der Waals surface area contributed by atoms with Crippen molar-refractivity contribution in [2.75, 3.05) is 12.8 Å². The normalized spacial score (nSPS) is 11.9. The molecule has 0 atom stereocenters. The topological polar surface area (TPSA) is 113 Å². The predicted molar refractivity (Wildman–Crippen MR) is 72.5 cm³/mol. The fraction of sp³-hybridized carbons (Fsp3) is 0.417. The highest BCUT2D eigenvalue weighted by atomic mass is 32.2. The minimum atomic E-state index is -3.31. The van der Waals surface area contributed by atoms with Gasteiger partial charge in [0.25, 0.3) is 5.91 Å². The van der Waals surface area contributed by atoms with Crippen molar-refractivity contribution in [2.24, 2.45) is 0 Å². The molecule has 1 amide bonds. The van der Waals surface area contributed by atoms with E-state index in [2.05, 4.69) is 10.3 Å². The van der Waals surface area contributed by atoms with Gasteiger partial charge in [-0.2, -0.15) is 0 Å². The molecular formula is C12H16N2O5S. The van der Waals surface area contributed by atoms with Gasteiger partial charge in [-0.1, -0.05) is 0 Å².